The van der Waals surface area contributed by atoms with Gasteiger partial charge in [-0.1, -0.05) is 29.8 Å². The molecule has 3 aromatic rings. The van der Waals surface area contributed by atoms with Gasteiger partial charge in [-0.3, -0.25) is 20.3 Å². The first-order valence-electron chi connectivity index (χ1n) is 9.51. The minimum Gasteiger partial charge on any atom is -0.497 e. The molecule has 0 saturated carbocycles. The van der Waals surface area contributed by atoms with Crippen LogP contribution in [-0.4, -0.2) is 26.7 Å². The van der Waals surface area contributed by atoms with E-state index in [1.54, 1.807) is 50.4 Å². The number of hydrazone groups is 1. The number of ether oxygens (including phenoxy) is 1. The van der Waals surface area contributed by atoms with Crippen LogP contribution in [0.1, 0.15) is 16.7 Å². The van der Waals surface area contributed by atoms with Crippen molar-refractivity contribution in [2.24, 2.45) is 5.10 Å². The van der Waals surface area contributed by atoms with Gasteiger partial charge in [-0.25, -0.2) is 8.42 Å². The fourth-order valence-corrected chi connectivity index (χ4v) is 4.10. The van der Waals surface area contributed by atoms with E-state index in [0.717, 1.165) is 22.8 Å². The second-order valence-corrected chi connectivity index (χ2v) is 8.69. The maximum atomic E-state index is 12.8. The molecule has 0 bridgehead atoms. The first-order chi connectivity index (χ1) is 15.2. The summed E-state index contributed by atoms with van der Waals surface area (Å²) in [6, 6.07) is 15.9. The average Bonchev–Trinajstić information content (AvgIpc) is 2.76. The van der Waals surface area contributed by atoms with Gasteiger partial charge < -0.3 is 4.74 Å². The van der Waals surface area contributed by atoms with Crippen LogP contribution in [0.15, 0.2) is 70.7 Å². The van der Waals surface area contributed by atoms with E-state index < -0.39 is 20.6 Å². The maximum Gasteiger partial charge on any atom is 0.295 e. The SMILES string of the molecule is COc1cccc(/C=N/Nc2ccc(S(=O)(=O)Nc3ccc(C)cc3C)cc2[N+](=O)[O-])c1. The van der Waals surface area contributed by atoms with E-state index in [0.29, 0.717) is 11.4 Å². The second-order valence-electron chi connectivity index (χ2n) is 7.01. The second kappa shape index (κ2) is 9.48. The molecule has 0 aromatic heterocycles. The number of nitrogens with zero attached hydrogens (tertiary/aromatic N) is 2. The summed E-state index contributed by atoms with van der Waals surface area (Å²) in [6.45, 7) is 3.68. The normalized spacial score (nSPS) is 11.3. The van der Waals surface area contributed by atoms with Gasteiger partial charge in [0.2, 0.25) is 0 Å². The number of nitro groups is 1. The smallest absolute Gasteiger partial charge is 0.295 e. The van der Waals surface area contributed by atoms with Crippen LogP contribution in [0.5, 0.6) is 5.75 Å². The van der Waals surface area contributed by atoms with Crippen LogP contribution in [0, 0.1) is 24.0 Å². The van der Waals surface area contributed by atoms with Gasteiger partial charge in [0.25, 0.3) is 15.7 Å². The van der Waals surface area contributed by atoms with Crippen molar-refractivity contribution < 1.29 is 18.1 Å². The minimum atomic E-state index is -4.03. The summed E-state index contributed by atoms with van der Waals surface area (Å²) >= 11 is 0. The summed E-state index contributed by atoms with van der Waals surface area (Å²) in [5.74, 6) is 0.644. The number of sulfonamides is 1. The monoisotopic (exact) mass is 454 g/mol. The standard InChI is InChI=1S/C22H22N4O5S/c1-15-7-9-20(16(2)11-15)25-32(29,30)19-8-10-21(22(13-19)26(27)28)24-23-14-17-5-4-6-18(12-17)31-3/h4-14,24-25H,1-3H3/b23-14+. The molecule has 0 saturated heterocycles. The van der Waals surface area contributed by atoms with Crippen molar-refractivity contribution in [1.29, 1.82) is 0 Å². The molecule has 0 heterocycles. The molecule has 0 aliphatic carbocycles. The fourth-order valence-electron chi connectivity index (χ4n) is 2.95. The van der Waals surface area contributed by atoms with Crippen molar-refractivity contribution in [2.45, 2.75) is 18.7 Å². The zero-order valence-corrected chi connectivity index (χ0v) is 18.5. The van der Waals surface area contributed by atoms with Gasteiger partial charge in [0.1, 0.15) is 11.4 Å². The van der Waals surface area contributed by atoms with Gasteiger partial charge in [-0.2, -0.15) is 5.10 Å². The van der Waals surface area contributed by atoms with Crippen LogP contribution in [-0.2, 0) is 10.0 Å². The Morgan fingerprint density at radius 3 is 2.47 bits per heavy atom. The Labute approximate surface area is 185 Å². The van der Waals surface area contributed by atoms with Crippen molar-refractivity contribution in [3.05, 3.63) is 87.5 Å². The first kappa shape index (κ1) is 22.8. The van der Waals surface area contributed by atoms with Crippen molar-refractivity contribution in [1.82, 2.24) is 0 Å². The van der Waals surface area contributed by atoms with Crippen LogP contribution in [0.4, 0.5) is 17.1 Å². The van der Waals surface area contributed by atoms with Gasteiger partial charge in [0.15, 0.2) is 0 Å². The molecule has 32 heavy (non-hydrogen) atoms. The summed E-state index contributed by atoms with van der Waals surface area (Å²) in [5, 5.41) is 15.6. The molecule has 0 fully saturated rings. The van der Waals surface area contributed by atoms with Gasteiger partial charge in [0.05, 0.1) is 28.8 Å². The molecule has 0 aliphatic rings. The fraction of sp³-hybridized carbons (Fsp3) is 0.136. The van der Waals surface area contributed by atoms with Crippen LogP contribution < -0.4 is 14.9 Å². The maximum absolute atomic E-state index is 12.8. The third-order valence-electron chi connectivity index (χ3n) is 4.59. The number of nitro benzene ring substituents is 1. The summed E-state index contributed by atoms with van der Waals surface area (Å²) in [6.07, 6.45) is 1.47. The van der Waals surface area contributed by atoms with E-state index in [2.05, 4.69) is 15.2 Å². The van der Waals surface area contributed by atoms with Crippen molar-refractivity contribution in [3.63, 3.8) is 0 Å². The van der Waals surface area contributed by atoms with Crippen molar-refractivity contribution in [2.75, 3.05) is 17.3 Å². The lowest BCUT2D eigenvalue weighted by Crippen LogP contribution is -2.14. The largest absolute Gasteiger partial charge is 0.497 e. The van der Waals surface area contributed by atoms with Gasteiger partial charge in [-0.05, 0) is 55.3 Å². The lowest BCUT2D eigenvalue weighted by atomic mass is 10.1. The minimum absolute atomic E-state index is 0.0552. The number of methoxy groups -OCH3 is 1. The number of rotatable bonds is 8. The quantitative estimate of drug-likeness (QED) is 0.294. The Morgan fingerprint density at radius 1 is 1.03 bits per heavy atom. The van der Waals surface area contributed by atoms with Crippen molar-refractivity contribution >= 4 is 33.3 Å². The van der Waals surface area contributed by atoms with E-state index in [1.165, 1.54) is 18.3 Å². The summed E-state index contributed by atoms with van der Waals surface area (Å²) in [4.78, 5) is 10.7. The predicted octanol–water partition coefficient (Wildman–Crippen LogP) is 4.47. The molecule has 0 radical (unpaired) electrons. The average molecular weight is 455 g/mol. The number of hydrogen-bond donors (Lipinski definition) is 2. The molecule has 0 aliphatic heterocycles. The molecule has 0 spiro atoms. The topological polar surface area (TPSA) is 123 Å². The van der Waals surface area contributed by atoms with E-state index in [-0.39, 0.29) is 10.6 Å². The van der Waals surface area contributed by atoms with Gasteiger partial charge in [-0.15, -0.1) is 0 Å². The Morgan fingerprint density at radius 2 is 1.78 bits per heavy atom. The van der Waals surface area contributed by atoms with Crippen LogP contribution in [0.3, 0.4) is 0 Å². The molecule has 3 aromatic carbocycles. The van der Waals surface area contributed by atoms with Gasteiger partial charge in [0, 0.05) is 6.07 Å². The number of nitrogens with one attached hydrogen (secondary N) is 2. The number of aryl methyl sites for hydroxylation is 2. The lowest BCUT2D eigenvalue weighted by molar-refractivity contribution is -0.384. The summed E-state index contributed by atoms with van der Waals surface area (Å²) in [7, 11) is -2.48. The molecule has 0 atom stereocenters. The van der Waals surface area contributed by atoms with Crippen LogP contribution in [0.25, 0.3) is 0 Å². The molecule has 9 nitrogen and oxygen atoms in total. The summed E-state index contributed by atoms with van der Waals surface area (Å²) < 4.78 is 33.2. The molecule has 3 rings (SSSR count). The Bertz CT molecular complexity index is 1290. The number of benzene rings is 3. The number of anilines is 2. The van der Waals surface area contributed by atoms with E-state index in [1.807, 2.05) is 13.0 Å². The zero-order chi connectivity index (χ0) is 23.3. The van der Waals surface area contributed by atoms with E-state index >= 15 is 0 Å². The highest BCUT2D eigenvalue weighted by Gasteiger charge is 2.22. The third-order valence-corrected chi connectivity index (χ3v) is 5.96. The first-order valence-corrected chi connectivity index (χ1v) is 11.0. The van der Waals surface area contributed by atoms with E-state index in [9.17, 15) is 18.5 Å². The molecule has 2 N–H and O–H groups in total. The highest BCUT2D eigenvalue weighted by Crippen LogP contribution is 2.29. The third kappa shape index (κ3) is 5.41. The Hall–Kier alpha value is -3.92. The molecule has 0 unspecified atom stereocenters. The number of hydrogen-bond acceptors (Lipinski definition) is 7. The highest BCUT2D eigenvalue weighted by atomic mass is 32.2. The Balaban J connectivity index is 1.85. The van der Waals surface area contributed by atoms with Crippen LogP contribution in [0.2, 0.25) is 0 Å². The molecular formula is C22H22N4O5S. The van der Waals surface area contributed by atoms with Crippen molar-refractivity contribution in [3.8, 4) is 5.75 Å². The molecule has 0 amide bonds. The summed E-state index contributed by atoms with van der Waals surface area (Å²) in [5.41, 5.74) is 5.09. The molecule has 10 heteroatoms. The Kier molecular flexibility index (Phi) is 6.74. The van der Waals surface area contributed by atoms with Crippen LogP contribution >= 0.6 is 0 Å². The van der Waals surface area contributed by atoms with Gasteiger partial charge >= 0.3 is 0 Å². The predicted molar refractivity (Wildman–Crippen MR) is 124 cm³/mol. The molecular weight excluding hydrogens is 432 g/mol. The van der Waals surface area contributed by atoms with E-state index in [4.69, 9.17) is 4.74 Å². The lowest BCUT2D eigenvalue weighted by Gasteiger charge is -2.12. The molecule has 166 valence electrons. The highest BCUT2D eigenvalue weighted by molar-refractivity contribution is 7.92. The zero-order valence-electron chi connectivity index (χ0n) is 17.7.